The molecule has 90 valence electrons. The number of Topliss-reactive ketones (excluding diaryl/α,β-unsaturated/α-hetero) is 1. The molecule has 0 bridgehead atoms. The van der Waals surface area contributed by atoms with E-state index in [9.17, 15) is 4.79 Å². The number of ether oxygens (including phenoxy) is 2. The highest BCUT2D eigenvalue weighted by Gasteiger charge is 2.12. The SMILES string of the molecule is COCOc1cccc(C#CCO)c1C(C)=O. The predicted molar refractivity (Wildman–Crippen MR) is 62.9 cm³/mol. The lowest BCUT2D eigenvalue weighted by atomic mass is 10.0. The summed E-state index contributed by atoms with van der Waals surface area (Å²) in [6, 6.07) is 5.12. The number of hydrogen-bond acceptors (Lipinski definition) is 4. The van der Waals surface area contributed by atoms with Crippen molar-refractivity contribution in [2.45, 2.75) is 6.92 Å². The van der Waals surface area contributed by atoms with Crippen LogP contribution >= 0.6 is 0 Å². The van der Waals surface area contributed by atoms with Gasteiger partial charge < -0.3 is 14.6 Å². The molecule has 0 fully saturated rings. The van der Waals surface area contributed by atoms with Crippen molar-refractivity contribution in [2.24, 2.45) is 0 Å². The number of aliphatic hydroxyl groups excluding tert-OH is 1. The minimum Gasteiger partial charge on any atom is -0.467 e. The van der Waals surface area contributed by atoms with Crippen LogP contribution in [0.1, 0.15) is 22.8 Å². The standard InChI is InChI=1S/C13H14O4/c1-10(15)13-11(6-4-8-14)5-3-7-12(13)17-9-16-2/h3,5,7,14H,8-9H2,1-2H3. The molecule has 0 amide bonds. The largest absolute Gasteiger partial charge is 0.467 e. The molecule has 0 radical (unpaired) electrons. The molecule has 0 heterocycles. The Morgan fingerprint density at radius 1 is 1.47 bits per heavy atom. The summed E-state index contributed by atoms with van der Waals surface area (Å²) < 4.78 is 10.1. The van der Waals surface area contributed by atoms with Crippen LogP contribution in [0.2, 0.25) is 0 Å². The first kappa shape index (κ1) is 13.2. The third-order valence-corrected chi connectivity index (χ3v) is 2.01. The van der Waals surface area contributed by atoms with Crippen LogP contribution in [0.4, 0.5) is 0 Å². The van der Waals surface area contributed by atoms with Crippen LogP contribution in [0.15, 0.2) is 18.2 Å². The van der Waals surface area contributed by atoms with Gasteiger partial charge in [0.15, 0.2) is 12.6 Å². The van der Waals surface area contributed by atoms with Gasteiger partial charge in [-0.15, -0.1) is 0 Å². The molecule has 0 aliphatic heterocycles. The van der Waals surface area contributed by atoms with Crippen LogP contribution < -0.4 is 4.74 Å². The van der Waals surface area contributed by atoms with Crippen LogP contribution in [-0.4, -0.2) is 31.4 Å². The first-order valence-electron chi connectivity index (χ1n) is 5.06. The van der Waals surface area contributed by atoms with Crippen LogP contribution in [0.5, 0.6) is 5.75 Å². The molecule has 0 aliphatic rings. The van der Waals surface area contributed by atoms with Gasteiger partial charge in [-0.3, -0.25) is 4.79 Å². The number of rotatable bonds is 4. The number of carbonyl (C=O) groups is 1. The van der Waals surface area contributed by atoms with Gasteiger partial charge in [-0.1, -0.05) is 17.9 Å². The van der Waals surface area contributed by atoms with E-state index in [0.717, 1.165) is 0 Å². The fourth-order valence-electron chi connectivity index (χ4n) is 1.38. The summed E-state index contributed by atoms with van der Waals surface area (Å²) in [5.74, 6) is 5.52. The van der Waals surface area contributed by atoms with E-state index < -0.39 is 0 Å². The number of ketones is 1. The molecule has 1 aromatic rings. The van der Waals surface area contributed by atoms with Crippen LogP contribution in [-0.2, 0) is 4.74 Å². The lowest BCUT2D eigenvalue weighted by Gasteiger charge is -2.10. The Kier molecular flexibility index (Phi) is 5.21. The summed E-state index contributed by atoms with van der Waals surface area (Å²) in [5.41, 5.74) is 0.950. The summed E-state index contributed by atoms with van der Waals surface area (Å²) in [6.07, 6.45) is 0. The zero-order valence-corrected chi connectivity index (χ0v) is 9.82. The molecule has 4 heteroatoms. The zero-order chi connectivity index (χ0) is 12.7. The van der Waals surface area contributed by atoms with Crippen LogP contribution in [0.3, 0.4) is 0 Å². The molecule has 0 aromatic heterocycles. The lowest BCUT2D eigenvalue weighted by Crippen LogP contribution is -2.06. The summed E-state index contributed by atoms with van der Waals surface area (Å²) in [5, 5.41) is 8.66. The summed E-state index contributed by atoms with van der Waals surface area (Å²) in [4.78, 5) is 11.6. The van der Waals surface area contributed by atoms with Gasteiger partial charge in [0.1, 0.15) is 12.4 Å². The average Bonchev–Trinajstić information content (AvgIpc) is 2.33. The van der Waals surface area contributed by atoms with Crippen LogP contribution in [0, 0.1) is 11.8 Å². The highest BCUT2D eigenvalue weighted by atomic mass is 16.7. The number of methoxy groups -OCH3 is 1. The maximum atomic E-state index is 11.6. The molecule has 0 aliphatic carbocycles. The molecule has 4 nitrogen and oxygen atoms in total. The maximum absolute atomic E-state index is 11.6. The molecule has 0 unspecified atom stereocenters. The second-order valence-electron chi connectivity index (χ2n) is 3.25. The summed E-state index contributed by atoms with van der Waals surface area (Å²) >= 11 is 0. The van der Waals surface area contributed by atoms with Gasteiger partial charge in [-0.25, -0.2) is 0 Å². The third-order valence-electron chi connectivity index (χ3n) is 2.01. The van der Waals surface area contributed by atoms with Gasteiger partial charge in [0, 0.05) is 12.7 Å². The number of benzene rings is 1. The second-order valence-corrected chi connectivity index (χ2v) is 3.25. The minimum absolute atomic E-state index is 0.0666. The van der Waals surface area contributed by atoms with Crippen molar-refractivity contribution in [1.82, 2.24) is 0 Å². The highest BCUT2D eigenvalue weighted by molar-refractivity contribution is 5.99. The van der Waals surface area contributed by atoms with Crippen molar-refractivity contribution in [3.63, 3.8) is 0 Å². The van der Waals surface area contributed by atoms with Crippen molar-refractivity contribution < 1.29 is 19.4 Å². The van der Waals surface area contributed by atoms with Gasteiger partial charge in [0.2, 0.25) is 0 Å². The Balaban J connectivity index is 3.17. The van der Waals surface area contributed by atoms with E-state index in [1.54, 1.807) is 18.2 Å². The minimum atomic E-state index is -0.250. The molecule has 1 N–H and O–H groups in total. The molecule has 0 atom stereocenters. The van der Waals surface area contributed by atoms with E-state index in [-0.39, 0.29) is 19.2 Å². The quantitative estimate of drug-likeness (QED) is 0.483. The second kappa shape index (κ2) is 6.69. The maximum Gasteiger partial charge on any atom is 0.188 e. The fraction of sp³-hybridized carbons (Fsp3) is 0.308. The van der Waals surface area contributed by atoms with E-state index in [2.05, 4.69) is 11.8 Å². The molecule has 1 rings (SSSR count). The van der Waals surface area contributed by atoms with E-state index in [0.29, 0.717) is 16.9 Å². The van der Waals surface area contributed by atoms with Crippen molar-refractivity contribution >= 4 is 5.78 Å². The Morgan fingerprint density at radius 3 is 2.82 bits per heavy atom. The molecule has 17 heavy (non-hydrogen) atoms. The molecule has 0 spiro atoms. The van der Waals surface area contributed by atoms with Crippen molar-refractivity contribution in [3.8, 4) is 17.6 Å². The first-order valence-corrected chi connectivity index (χ1v) is 5.06. The van der Waals surface area contributed by atoms with E-state index in [1.165, 1.54) is 14.0 Å². The Morgan fingerprint density at radius 2 is 2.24 bits per heavy atom. The third kappa shape index (κ3) is 3.59. The van der Waals surface area contributed by atoms with Crippen molar-refractivity contribution in [2.75, 3.05) is 20.5 Å². The number of aliphatic hydroxyl groups is 1. The number of carbonyl (C=O) groups excluding carboxylic acids is 1. The lowest BCUT2D eigenvalue weighted by molar-refractivity contribution is 0.0503. The topological polar surface area (TPSA) is 55.8 Å². The summed E-state index contributed by atoms with van der Waals surface area (Å²) in [7, 11) is 1.50. The smallest absolute Gasteiger partial charge is 0.188 e. The van der Waals surface area contributed by atoms with Gasteiger partial charge in [0.05, 0.1) is 5.56 Å². The molecule has 0 saturated heterocycles. The fourth-order valence-corrected chi connectivity index (χ4v) is 1.38. The van der Waals surface area contributed by atoms with Gasteiger partial charge in [-0.2, -0.15) is 0 Å². The van der Waals surface area contributed by atoms with Crippen LogP contribution in [0.25, 0.3) is 0 Å². The van der Waals surface area contributed by atoms with Gasteiger partial charge in [0.25, 0.3) is 0 Å². The van der Waals surface area contributed by atoms with E-state index in [1.807, 2.05) is 0 Å². The first-order chi connectivity index (χ1) is 8.20. The monoisotopic (exact) mass is 234 g/mol. The predicted octanol–water partition coefficient (Wildman–Crippen LogP) is 1.22. The summed E-state index contributed by atoms with van der Waals surface area (Å²) in [6.45, 7) is 1.26. The van der Waals surface area contributed by atoms with E-state index >= 15 is 0 Å². The Bertz CT molecular complexity index is 454. The highest BCUT2D eigenvalue weighted by Crippen LogP contribution is 2.22. The average molecular weight is 234 g/mol. The van der Waals surface area contributed by atoms with Gasteiger partial charge >= 0.3 is 0 Å². The Hall–Kier alpha value is -1.83. The molecular weight excluding hydrogens is 220 g/mol. The van der Waals surface area contributed by atoms with E-state index in [4.69, 9.17) is 14.6 Å². The molecule has 0 saturated carbocycles. The molecule has 1 aromatic carbocycles. The van der Waals surface area contributed by atoms with Crippen molar-refractivity contribution in [1.29, 1.82) is 0 Å². The normalized spacial score (nSPS) is 9.35. The number of hydrogen-bond donors (Lipinski definition) is 1. The van der Waals surface area contributed by atoms with Gasteiger partial charge in [-0.05, 0) is 19.1 Å². The van der Waals surface area contributed by atoms with Crippen molar-refractivity contribution in [3.05, 3.63) is 29.3 Å². The Labute approximate surface area is 100 Å². The zero-order valence-electron chi connectivity index (χ0n) is 9.82. The molecular formula is C13H14O4.